The first-order valence-corrected chi connectivity index (χ1v) is 6.63. The van der Waals surface area contributed by atoms with Crippen molar-refractivity contribution in [2.75, 3.05) is 25.9 Å². The Morgan fingerprint density at radius 3 is 2.47 bits per heavy atom. The summed E-state index contributed by atoms with van der Waals surface area (Å²) in [6.07, 6.45) is 1.58. The second kappa shape index (κ2) is 5.17. The molecule has 1 saturated heterocycles. The topological polar surface area (TPSA) is 62.5 Å². The summed E-state index contributed by atoms with van der Waals surface area (Å²) in [5.41, 5.74) is 7.78. The number of nitrogens with two attached hydrogens (primary N) is 1. The summed E-state index contributed by atoms with van der Waals surface area (Å²) in [4.78, 5) is 20.9. The van der Waals surface area contributed by atoms with Crippen LogP contribution in [0.2, 0.25) is 0 Å². The summed E-state index contributed by atoms with van der Waals surface area (Å²) in [6.45, 7) is 7.59. The minimum absolute atomic E-state index is 0.0169. The normalized spacial score (nSPS) is 24.5. The van der Waals surface area contributed by atoms with E-state index in [2.05, 4.69) is 30.8 Å². The summed E-state index contributed by atoms with van der Waals surface area (Å²) < 4.78 is 0. The van der Waals surface area contributed by atoms with Crippen LogP contribution in [0, 0.1) is 6.92 Å². The molecule has 1 aromatic heterocycles. The lowest BCUT2D eigenvalue weighted by Crippen LogP contribution is -2.56. The molecule has 2 heterocycles. The van der Waals surface area contributed by atoms with Crippen LogP contribution in [0.1, 0.15) is 29.9 Å². The van der Waals surface area contributed by atoms with Crippen molar-refractivity contribution in [2.45, 2.75) is 32.9 Å². The maximum Gasteiger partial charge on any atom is 0.257 e. The highest BCUT2D eigenvalue weighted by molar-refractivity contribution is 5.98. The minimum atomic E-state index is -0.0169. The van der Waals surface area contributed by atoms with Crippen molar-refractivity contribution in [1.29, 1.82) is 0 Å². The molecular weight excluding hydrogens is 240 g/mol. The van der Waals surface area contributed by atoms with Crippen LogP contribution in [0.4, 0.5) is 5.69 Å². The number of carbonyl (C=O) groups is 1. The number of anilines is 1. The van der Waals surface area contributed by atoms with Crippen molar-refractivity contribution in [3.05, 3.63) is 23.5 Å². The highest BCUT2D eigenvalue weighted by atomic mass is 16.2. The summed E-state index contributed by atoms with van der Waals surface area (Å²) in [5, 5.41) is 0. The first kappa shape index (κ1) is 13.8. The third-order valence-corrected chi connectivity index (χ3v) is 3.95. The van der Waals surface area contributed by atoms with E-state index in [9.17, 15) is 4.79 Å². The largest absolute Gasteiger partial charge is 0.398 e. The summed E-state index contributed by atoms with van der Waals surface area (Å²) >= 11 is 0. The van der Waals surface area contributed by atoms with Gasteiger partial charge in [0.05, 0.1) is 5.56 Å². The molecule has 5 nitrogen and oxygen atoms in total. The Bertz CT molecular complexity index is 476. The fourth-order valence-electron chi connectivity index (χ4n) is 2.50. The number of pyridine rings is 1. The quantitative estimate of drug-likeness (QED) is 0.824. The van der Waals surface area contributed by atoms with Crippen molar-refractivity contribution >= 4 is 11.6 Å². The van der Waals surface area contributed by atoms with Gasteiger partial charge in [0, 0.05) is 42.8 Å². The van der Waals surface area contributed by atoms with E-state index in [0.29, 0.717) is 23.3 Å². The molecule has 2 N–H and O–H groups in total. The molecule has 0 bridgehead atoms. The molecule has 1 aliphatic heterocycles. The predicted octanol–water partition coefficient (Wildman–Crippen LogP) is 1.14. The number of aromatic nitrogens is 1. The zero-order valence-corrected chi connectivity index (χ0v) is 12.1. The van der Waals surface area contributed by atoms with Crippen LogP contribution in [0.15, 0.2) is 12.3 Å². The van der Waals surface area contributed by atoms with E-state index in [0.717, 1.165) is 18.8 Å². The average Bonchev–Trinajstić information content (AvgIpc) is 2.34. The average molecular weight is 262 g/mol. The summed E-state index contributed by atoms with van der Waals surface area (Å²) in [5.74, 6) is -0.0169. The molecule has 0 aliphatic carbocycles. The summed E-state index contributed by atoms with van der Waals surface area (Å²) in [6, 6.07) is 2.45. The van der Waals surface area contributed by atoms with E-state index in [4.69, 9.17) is 5.73 Å². The zero-order chi connectivity index (χ0) is 14.2. The van der Waals surface area contributed by atoms with Crippen molar-refractivity contribution in [3.8, 4) is 0 Å². The zero-order valence-electron chi connectivity index (χ0n) is 12.1. The van der Waals surface area contributed by atoms with Gasteiger partial charge in [-0.25, -0.2) is 0 Å². The molecule has 2 rings (SSSR count). The molecule has 0 radical (unpaired) electrons. The Balaban J connectivity index is 2.20. The van der Waals surface area contributed by atoms with Crippen LogP contribution in [-0.4, -0.2) is 52.9 Å². The van der Waals surface area contributed by atoms with Crippen LogP contribution in [0.5, 0.6) is 0 Å². The van der Waals surface area contributed by atoms with E-state index >= 15 is 0 Å². The number of amides is 1. The van der Waals surface area contributed by atoms with Crippen molar-refractivity contribution < 1.29 is 4.79 Å². The van der Waals surface area contributed by atoms with Crippen LogP contribution in [-0.2, 0) is 0 Å². The fourth-order valence-corrected chi connectivity index (χ4v) is 2.50. The molecular formula is C14H22N4O. The van der Waals surface area contributed by atoms with Gasteiger partial charge in [-0.1, -0.05) is 0 Å². The van der Waals surface area contributed by atoms with Gasteiger partial charge in [-0.2, -0.15) is 0 Å². The fraction of sp³-hybridized carbons (Fsp3) is 0.571. The number of piperazine rings is 1. The van der Waals surface area contributed by atoms with Crippen molar-refractivity contribution in [1.82, 2.24) is 14.8 Å². The van der Waals surface area contributed by atoms with Gasteiger partial charge in [-0.05, 0) is 33.9 Å². The molecule has 1 aromatic rings. The Morgan fingerprint density at radius 2 is 1.95 bits per heavy atom. The predicted molar refractivity (Wildman–Crippen MR) is 76.0 cm³/mol. The van der Waals surface area contributed by atoms with E-state index in [1.54, 1.807) is 12.3 Å². The van der Waals surface area contributed by atoms with Crippen molar-refractivity contribution in [2.24, 2.45) is 0 Å². The highest BCUT2D eigenvalue weighted by Gasteiger charge is 2.30. The third-order valence-electron chi connectivity index (χ3n) is 3.95. The molecule has 2 unspecified atom stereocenters. The van der Waals surface area contributed by atoms with Crippen molar-refractivity contribution in [3.63, 3.8) is 0 Å². The van der Waals surface area contributed by atoms with E-state index in [-0.39, 0.29) is 5.91 Å². The molecule has 19 heavy (non-hydrogen) atoms. The number of hydrogen-bond acceptors (Lipinski definition) is 4. The van der Waals surface area contributed by atoms with Gasteiger partial charge < -0.3 is 10.6 Å². The summed E-state index contributed by atoms with van der Waals surface area (Å²) in [7, 11) is 2.10. The van der Waals surface area contributed by atoms with Gasteiger partial charge in [0.2, 0.25) is 0 Å². The lowest BCUT2D eigenvalue weighted by molar-refractivity contribution is 0.0415. The first-order valence-electron chi connectivity index (χ1n) is 6.63. The van der Waals surface area contributed by atoms with Gasteiger partial charge in [-0.3, -0.25) is 14.7 Å². The number of aryl methyl sites for hydroxylation is 1. The second-order valence-corrected chi connectivity index (χ2v) is 5.49. The van der Waals surface area contributed by atoms with Crippen LogP contribution in [0.25, 0.3) is 0 Å². The highest BCUT2D eigenvalue weighted by Crippen LogP contribution is 2.19. The Labute approximate surface area is 114 Å². The van der Waals surface area contributed by atoms with Gasteiger partial charge in [0.1, 0.15) is 0 Å². The number of nitrogen functional groups attached to an aromatic ring is 1. The molecule has 1 fully saturated rings. The molecule has 0 spiro atoms. The minimum Gasteiger partial charge on any atom is -0.398 e. The Hall–Kier alpha value is -1.62. The second-order valence-electron chi connectivity index (χ2n) is 5.49. The third kappa shape index (κ3) is 2.71. The molecule has 0 saturated carbocycles. The number of carbonyl (C=O) groups excluding carboxylic acids is 1. The van der Waals surface area contributed by atoms with Gasteiger partial charge >= 0.3 is 0 Å². The Morgan fingerprint density at radius 1 is 1.37 bits per heavy atom. The molecule has 5 heteroatoms. The number of hydrogen-bond donors (Lipinski definition) is 1. The van der Waals surface area contributed by atoms with Crippen LogP contribution >= 0.6 is 0 Å². The van der Waals surface area contributed by atoms with Gasteiger partial charge in [0.25, 0.3) is 5.91 Å². The number of likely N-dealkylation sites (N-methyl/N-ethyl adjacent to an activating group) is 1. The SMILES string of the molecule is Cc1cc(N)c(C(=O)N2CC(C)N(C)C(C)C2)cn1. The van der Waals surface area contributed by atoms with Crippen LogP contribution in [0.3, 0.4) is 0 Å². The number of nitrogens with zero attached hydrogens (tertiary/aromatic N) is 3. The first-order chi connectivity index (χ1) is 8.90. The molecule has 104 valence electrons. The van der Waals surface area contributed by atoms with Gasteiger partial charge in [0.15, 0.2) is 0 Å². The van der Waals surface area contributed by atoms with E-state index < -0.39 is 0 Å². The monoisotopic (exact) mass is 262 g/mol. The Kier molecular flexibility index (Phi) is 3.75. The van der Waals surface area contributed by atoms with E-state index in [1.807, 2.05) is 11.8 Å². The van der Waals surface area contributed by atoms with Crippen LogP contribution < -0.4 is 5.73 Å². The maximum absolute atomic E-state index is 12.5. The molecule has 2 atom stereocenters. The molecule has 1 amide bonds. The lowest BCUT2D eigenvalue weighted by Gasteiger charge is -2.42. The molecule has 1 aliphatic rings. The number of rotatable bonds is 1. The van der Waals surface area contributed by atoms with E-state index in [1.165, 1.54) is 0 Å². The maximum atomic E-state index is 12.5. The van der Waals surface area contributed by atoms with Gasteiger partial charge in [-0.15, -0.1) is 0 Å². The molecule has 0 aromatic carbocycles. The lowest BCUT2D eigenvalue weighted by atomic mass is 10.1. The smallest absolute Gasteiger partial charge is 0.257 e. The standard InChI is InChI=1S/C14H22N4O/c1-9-5-13(15)12(6-16-9)14(19)18-7-10(2)17(4)11(3)8-18/h5-6,10-11H,7-8H2,1-4H3,(H2,15,16).